The molecule has 2 aromatic rings. The number of rotatable bonds is 8. The summed E-state index contributed by atoms with van der Waals surface area (Å²) in [7, 11) is -4.40. The number of nitrogens with one attached hydrogen (secondary N) is 3. The number of hydrogen-bond donors (Lipinski definition) is 4. The van der Waals surface area contributed by atoms with E-state index in [1.54, 1.807) is 40.4 Å². The quantitative estimate of drug-likeness (QED) is 0.458. The van der Waals surface area contributed by atoms with Crippen LogP contribution in [-0.2, 0) is 32.6 Å². The second-order valence-corrected chi connectivity index (χ2v) is 8.17. The van der Waals surface area contributed by atoms with Crippen molar-refractivity contribution in [1.29, 1.82) is 0 Å². The summed E-state index contributed by atoms with van der Waals surface area (Å²) in [6, 6.07) is 11.3. The zero-order valence-electron chi connectivity index (χ0n) is 16.2. The van der Waals surface area contributed by atoms with Crippen LogP contribution in [0.5, 0.6) is 0 Å². The van der Waals surface area contributed by atoms with Gasteiger partial charge in [0.25, 0.3) is 15.9 Å². The van der Waals surface area contributed by atoms with E-state index in [4.69, 9.17) is 5.11 Å². The molecule has 9 nitrogen and oxygen atoms in total. The van der Waals surface area contributed by atoms with Crippen molar-refractivity contribution >= 4 is 27.9 Å². The number of amides is 3. The fourth-order valence-corrected chi connectivity index (χ4v) is 3.56. The Kier molecular flexibility index (Phi) is 7.81. The molecule has 0 spiro atoms. The summed E-state index contributed by atoms with van der Waals surface area (Å²) in [6.45, 7) is -0.493. The molecule has 1 atom stereocenters. The fourth-order valence-electron chi connectivity index (χ4n) is 2.54. The fraction of sp³-hybridized carbons (Fsp3) is 0.211. The summed E-state index contributed by atoms with van der Waals surface area (Å²) in [5.74, 6) is -3.25. The molecule has 2 rings (SSSR count). The zero-order chi connectivity index (χ0) is 23.9. The van der Waals surface area contributed by atoms with Crippen molar-refractivity contribution in [2.75, 3.05) is 0 Å². The molecule has 0 saturated heterocycles. The summed E-state index contributed by atoms with van der Waals surface area (Å²) in [6.07, 6.45) is -6.68. The average molecular weight is 473 g/mol. The van der Waals surface area contributed by atoms with Gasteiger partial charge in [0.05, 0.1) is 4.90 Å². The minimum atomic E-state index is -5.05. The van der Waals surface area contributed by atoms with E-state index in [0.29, 0.717) is 5.56 Å². The van der Waals surface area contributed by atoms with Crippen LogP contribution in [0.25, 0.3) is 0 Å². The maximum absolute atomic E-state index is 12.5. The number of carbonyl (C=O) groups is 3. The van der Waals surface area contributed by atoms with Crippen molar-refractivity contribution < 1.29 is 41.1 Å². The summed E-state index contributed by atoms with van der Waals surface area (Å²) < 4.78 is 63.3. The SMILES string of the molecule is O=C(O)N[C@@H](Cc1ccccc1)C(=O)NS(=O)(=O)c1ccc(CNC(=O)C(F)(F)F)cc1. The Hall–Kier alpha value is -3.61. The molecule has 0 unspecified atom stereocenters. The van der Waals surface area contributed by atoms with E-state index in [1.165, 1.54) is 0 Å². The first-order valence-electron chi connectivity index (χ1n) is 8.92. The number of sulfonamides is 1. The molecule has 172 valence electrons. The molecule has 0 heterocycles. The third kappa shape index (κ3) is 7.27. The first kappa shape index (κ1) is 24.7. The zero-order valence-corrected chi connectivity index (χ0v) is 17.0. The van der Waals surface area contributed by atoms with Crippen molar-refractivity contribution in [3.8, 4) is 0 Å². The van der Waals surface area contributed by atoms with E-state index >= 15 is 0 Å². The van der Waals surface area contributed by atoms with Gasteiger partial charge in [-0.15, -0.1) is 0 Å². The van der Waals surface area contributed by atoms with Gasteiger partial charge in [-0.1, -0.05) is 42.5 Å². The molecule has 0 aliphatic heterocycles. The molecular weight excluding hydrogens is 455 g/mol. The van der Waals surface area contributed by atoms with E-state index in [2.05, 4.69) is 0 Å². The van der Waals surface area contributed by atoms with Crippen molar-refractivity contribution in [2.45, 2.75) is 30.1 Å². The van der Waals surface area contributed by atoms with Crippen LogP contribution < -0.4 is 15.4 Å². The standard InChI is InChI=1S/C19H18F3N3O6S/c20-19(21,22)17(27)23-11-13-6-8-14(9-7-13)32(30,31)25-16(26)15(24-18(28)29)10-12-4-2-1-3-5-12/h1-9,15,24H,10-11H2,(H,23,27)(H,25,26)(H,28,29)/t15-/m0/s1. The van der Waals surface area contributed by atoms with E-state index in [0.717, 1.165) is 24.3 Å². The number of carboxylic acid groups (broad SMARTS) is 1. The highest BCUT2D eigenvalue weighted by atomic mass is 32.2. The molecule has 0 saturated carbocycles. The van der Waals surface area contributed by atoms with Gasteiger partial charge in [-0.05, 0) is 23.3 Å². The second kappa shape index (κ2) is 10.1. The highest BCUT2D eigenvalue weighted by Crippen LogP contribution is 2.15. The molecule has 0 aromatic heterocycles. The molecule has 32 heavy (non-hydrogen) atoms. The Labute approximate surface area is 180 Å². The van der Waals surface area contributed by atoms with Gasteiger partial charge in [-0.3, -0.25) is 9.59 Å². The summed E-state index contributed by atoms with van der Waals surface area (Å²) in [4.78, 5) is 33.9. The third-order valence-corrected chi connectivity index (χ3v) is 5.44. The monoisotopic (exact) mass is 473 g/mol. The normalized spacial score (nSPS) is 12.5. The van der Waals surface area contributed by atoms with E-state index in [9.17, 15) is 36.0 Å². The van der Waals surface area contributed by atoms with Gasteiger partial charge < -0.3 is 15.7 Å². The predicted molar refractivity (Wildman–Crippen MR) is 105 cm³/mol. The van der Waals surface area contributed by atoms with Crippen LogP contribution in [-0.4, -0.2) is 43.7 Å². The lowest BCUT2D eigenvalue weighted by molar-refractivity contribution is -0.173. The third-order valence-electron chi connectivity index (χ3n) is 4.08. The second-order valence-electron chi connectivity index (χ2n) is 6.49. The topological polar surface area (TPSA) is 142 Å². The summed E-state index contributed by atoms with van der Waals surface area (Å²) >= 11 is 0. The number of benzene rings is 2. The predicted octanol–water partition coefficient (Wildman–Crippen LogP) is 1.55. The molecule has 2 aromatic carbocycles. The van der Waals surface area contributed by atoms with Crippen molar-refractivity contribution in [2.24, 2.45) is 0 Å². The highest BCUT2D eigenvalue weighted by molar-refractivity contribution is 7.90. The molecule has 13 heteroatoms. The number of halogens is 3. The smallest absolute Gasteiger partial charge is 0.465 e. The first-order chi connectivity index (χ1) is 14.9. The van der Waals surface area contributed by atoms with Crippen molar-refractivity contribution in [1.82, 2.24) is 15.4 Å². The van der Waals surface area contributed by atoms with E-state index in [1.807, 2.05) is 5.32 Å². The minimum Gasteiger partial charge on any atom is -0.465 e. The minimum absolute atomic E-state index is 0.105. The van der Waals surface area contributed by atoms with Gasteiger partial charge >= 0.3 is 18.2 Å². The van der Waals surface area contributed by atoms with Crippen LogP contribution >= 0.6 is 0 Å². The maximum Gasteiger partial charge on any atom is 0.471 e. The maximum atomic E-state index is 12.5. The molecule has 0 fully saturated rings. The lowest BCUT2D eigenvalue weighted by Crippen LogP contribution is -2.49. The average Bonchev–Trinajstić information content (AvgIpc) is 2.71. The van der Waals surface area contributed by atoms with Crippen LogP contribution in [0.4, 0.5) is 18.0 Å². The Morgan fingerprint density at radius 1 is 0.938 bits per heavy atom. The van der Waals surface area contributed by atoms with Crippen LogP contribution in [0.1, 0.15) is 11.1 Å². The highest BCUT2D eigenvalue weighted by Gasteiger charge is 2.38. The molecule has 0 bridgehead atoms. The molecule has 0 radical (unpaired) electrons. The lowest BCUT2D eigenvalue weighted by Gasteiger charge is -2.17. The molecule has 3 amide bonds. The Bertz CT molecular complexity index is 1070. The van der Waals surface area contributed by atoms with Gasteiger partial charge in [0.15, 0.2) is 0 Å². The van der Waals surface area contributed by atoms with Crippen LogP contribution in [0.15, 0.2) is 59.5 Å². The van der Waals surface area contributed by atoms with E-state index < -0.39 is 46.7 Å². The number of hydrogen-bond acceptors (Lipinski definition) is 5. The van der Waals surface area contributed by atoms with E-state index in [-0.39, 0.29) is 16.9 Å². The molecule has 4 N–H and O–H groups in total. The molecule has 0 aliphatic rings. The largest absolute Gasteiger partial charge is 0.471 e. The van der Waals surface area contributed by atoms with Gasteiger partial charge in [-0.25, -0.2) is 17.9 Å². The van der Waals surface area contributed by atoms with Crippen LogP contribution in [0, 0.1) is 0 Å². The summed E-state index contributed by atoms with van der Waals surface area (Å²) in [5.41, 5.74) is 0.770. The molecule has 0 aliphatic carbocycles. The Morgan fingerprint density at radius 2 is 1.53 bits per heavy atom. The van der Waals surface area contributed by atoms with Gasteiger partial charge in [-0.2, -0.15) is 13.2 Å². The number of carbonyl (C=O) groups excluding carboxylic acids is 2. The van der Waals surface area contributed by atoms with Crippen LogP contribution in [0.2, 0.25) is 0 Å². The van der Waals surface area contributed by atoms with Crippen molar-refractivity contribution in [3.05, 3.63) is 65.7 Å². The van der Waals surface area contributed by atoms with Gasteiger partial charge in [0, 0.05) is 13.0 Å². The van der Waals surface area contributed by atoms with Crippen molar-refractivity contribution in [3.63, 3.8) is 0 Å². The van der Waals surface area contributed by atoms with Gasteiger partial charge in [0.1, 0.15) is 6.04 Å². The number of alkyl halides is 3. The lowest BCUT2D eigenvalue weighted by atomic mass is 10.1. The Morgan fingerprint density at radius 3 is 2.06 bits per heavy atom. The Balaban J connectivity index is 2.08. The summed E-state index contributed by atoms with van der Waals surface area (Å²) in [5, 5.41) is 12.6. The first-order valence-corrected chi connectivity index (χ1v) is 10.4. The molecular formula is C19H18F3N3O6S. The van der Waals surface area contributed by atoms with Gasteiger partial charge in [0.2, 0.25) is 0 Å². The van der Waals surface area contributed by atoms with Crippen LogP contribution in [0.3, 0.4) is 0 Å².